The van der Waals surface area contributed by atoms with Crippen molar-refractivity contribution in [3.05, 3.63) is 33.9 Å². The number of rotatable bonds is 5. The summed E-state index contributed by atoms with van der Waals surface area (Å²) in [5, 5.41) is 17.1. The van der Waals surface area contributed by atoms with E-state index in [4.69, 9.17) is 4.74 Å². The van der Waals surface area contributed by atoms with E-state index in [2.05, 4.69) is 10.6 Å². The zero-order valence-corrected chi connectivity index (χ0v) is 13.1. The van der Waals surface area contributed by atoms with Gasteiger partial charge in [0.15, 0.2) is 5.75 Å². The maximum absolute atomic E-state index is 12.2. The minimum atomic E-state index is -0.538. The molecule has 1 aliphatic heterocycles. The van der Waals surface area contributed by atoms with Crippen LogP contribution in [0.15, 0.2) is 18.2 Å². The first-order chi connectivity index (χ1) is 10.1. The SMILES string of the molecule is CCOc1ccc(C(=O)N[C@H]2CCCNC2)cc1[N+](=O)[O-].Cl. The maximum Gasteiger partial charge on any atom is 0.311 e. The second-order valence-electron chi connectivity index (χ2n) is 4.89. The summed E-state index contributed by atoms with van der Waals surface area (Å²) in [7, 11) is 0. The summed E-state index contributed by atoms with van der Waals surface area (Å²) in [6.45, 7) is 3.77. The van der Waals surface area contributed by atoms with E-state index < -0.39 is 4.92 Å². The van der Waals surface area contributed by atoms with Gasteiger partial charge in [-0.15, -0.1) is 12.4 Å². The van der Waals surface area contributed by atoms with E-state index in [1.165, 1.54) is 12.1 Å². The summed E-state index contributed by atoms with van der Waals surface area (Å²) in [6, 6.07) is 4.34. The molecule has 0 aliphatic carbocycles. The Balaban J connectivity index is 0.00000242. The van der Waals surface area contributed by atoms with Crippen LogP contribution in [-0.2, 0) is 0 Å². The summed E-state index contributed by atoms with van der Waals surface area (Å²) in [6.07, 6.45) is 1.92. The molecule has 0 saturated carbocycles. The van der Waals surface area contributed by atoms with Crippen molar-refractivity contribution < 1.29 is 14.5 Å². The molecule has 1 atom stereocenters. The molecule has 0 radical (unpaired) electrons. The van der Waals surface area contributed by atoms with Crippen molar-refractivity contribution in [2.24, 2.45) is 0 Å². The number of nitrogens with zero attached hydrogens (tertiary/aromatic N) is 1. The van der Waals surface area contributed by atoms with Gasteiger partial charge in [-0.1, -0.05) is 0 Å². The Bertz CT molecular complexity index is 533. The first-order valence-electron chi connectivity index (χ1n) is 7.04. The van der Waals surface area contributed by atoms with Gasteiger partial charge in [0, 0.05) is 24.2 Å². The van der Waals surface area contributed by atoms with Gasteiger partial charge in [-0.25, -0.2) is 0 Å². The van der Waals surface area contributed by atoms with Crippen molar-refractivity contribution in [1.82, 2.24) is 10.6 Å². The quantitative estimate of drug-likeness (QED) is 0.635. The molecule has 2 rings (SSSR count). The zero-order valence-electron chi connectivity index (χ0n) is 12.3. The third kappa shape index (κ3) is 4.57. The average Bonchev–Trinajstić information content (AvgIpc) is 2.48. The Hall–Kier alpha value is -1.86. The van der Waals surface area contributed by atoms with Crippen LogP contribution in [0.4, 0.5) is 5.69 Å². The van der Waals surface area contributed by atoms with E-state index in [0.717, 1.165) is 25.9 Å². The van der Waals surface area contributed by atoms with Gasteiger partial charge in [-0.2, -0.15) is 0 Å². The van der Waals surface area contributed by atoms with Crippen LogP contribution in [0.25, 0.3) is 0 Å². The van der Waals surface area contributed by atoms with Crippen molar-refractivity contribution in [3.63, 3.8) is 0 Å². The lowest BCUT2D eigenvalue weighted by Gasteiger charge is -2.23. The summed E-state index contributed by atoms with van der Waals surface area (Å²) in [5.41, 5.74) is 0.0852. The van der Waals surface area contributed by atoms with Crippen molar-refractivity contribution >= 4 is 24.0 Å². The Morgan fingerprint density at radius 1 is 1.55 bits per heavy atom. The van der Waals surface area contributed by atoms with Gasteiger partial charge in [-0.3, -0.25) is 14.9 Å². The van der Waals surface area contributed by atoms with E-state index in [1.54, 1.807) is 13.0 Å². The van der Waals surface area contributed by atoms with Crippen LogP contribution in [0.3, 0.4) is 0 Å². The highest BCUT2D eigenvalue weighted by Gasteiger charge is 2.21. The molecule has 1 saturated heterocycles. The molecule has 0 spiro atoms. The third-order valence-corrected chi connectivity index (χ3v) is 3.35. The van der Waals surface area contributed by atoms with Crippen LogP contribution in [-0.4, -0.2) is 36.6 Å². The lowest BCUT2D eigenvalue weighted by Crippen LogP contribution is -2.45. The predicted molar refractivity (Wildman–Crippen MR) is 84.9 cm³/mol. The Morgan fingerprint density at radius 3 is 2.91 bits per heavy atom. The summed E-state index contributed by atoms with van der Waals surface area (Å²) < 4.78 is 5.20. The second kappa shape index (κ2) is 8.55. The van der Waals surface area contributed by atoms with E-state index in [0.29, 0.717) is 6.61 Å². The highest BCUT2D eigenvalue weighted by atomic mass is 35.5. The molecule has 1 fully saturated rings. The zero-order chi connectivity index (χ0) is 15.2. The van der Waals surface area contributed by atoms with E-state index >= 15 is 0 Å². The van der Waals surface area contributed by atoms with Crippen LogP contribution in [0.1, 0.15) is 30.1 Å². The number of nitrogens with one attached hydrogen (secondary N) is 2. The first kappa shape index (κ1) is 18.2. The van der Waals surface area contributed by atoms with Crippen LogP contribution < -0.4 is 15.4 Å². The minimum Gasteiger partial charge on any atom is -0.487 e. The number of carbonyl (C=O) groups excluding carboxylic acids is 1. The largest absolute Gasteiger partial charge is 0.487 e. The molecule has 0 aromatic heterocycles. The first-order valence-corrected chi connectivity index (χ1v) is 7.04. The smallest absolute Gasteiger partial charge is 0.311 e. The summed E-state index contributed by atoms with van der Waals surface area (Å²) in [4.78, 5) is 22.7. The van der Waals surface area contributed by atoms with E-state index in [1.807, 2.05) is 0 Å². The van der Waals surface area contributed by atoms with Gasteiger partial charge in [0.05, 0.1) is 11.5 Å². The standard InChI is InChI=1S/C14H19N3O4.ClH/c1-2-21-13-6-5-10(8-12(13)17(19)20)14(18)16-11-4-3-7-15-9-11;/h5-6,8,11,15H,2-4,7,9H2,1H3,(H,16,18);1H/t11-;/m0./s1. The number of carbonyl (C=O) groups is 1. The third-order valence-electron chi connectivity index (χ3n) is 3.35. The molecule has 1 aromatic carbocycles. The van der Waals surface area contributed by atoms with Gasteiger partial charge in [-0.05, 0) is 38.4 Å². The lowest BCUT2D eigenvalue weighted by molar-refractivity contribution is -0.385. The Morgan fingerprint density at radius 2 is 2.32 bits per heavy atom. The number of hydrogen-bond acceptors (Lipinski definition) is 5. The molecule has 22 heavy (non-hydrogen) atoms. The number of amides is 1. The van der Waals surface area contributed by atoms with Gasteiger partial charge in [0.25, 0.3) is 5.91 Å². The highest BCUT2D eigenvalue weighted by molar-refractivity contribution is 5.95. The van der Waals surface area contributed by atoms with Crippen LogP contribution in [0.2, 0.25) is 0 Å². The number of hydrogen-bond donors (Lipinski definition) is 2. The molecule has 1 amide bonds. The van der Waals surface area contributed by atoms with Crippen molar-refractivity contribution in [2.75, 3.05) is 19.7 Å². The second-order valence-corrected chi connectivity index (χ2v) is 4.89. The van der Waals surface area contributed by atoms with Crippen LogP contribution >= 0.6 is 12.4 Å². The number of benzene rings is 1. The van der Waals surface area contributed by atoms with Gasteiger partial charge < -0.3 is 15.4 Å². The maximum atomic E-state index is 12.2. The van der Waals surface area contributed by atoms with Gasteiger partial charge in [0.1, 0.15) is 0 Å². The molecule has 7 nitrogen and oxygen atoms in total. The molecule has 0 bridgehead atoms. The number of halogens is 1. The molecule has 122 valence electrons. The molecule has 2 N–H and O–H groups in total. The number of nitro benzene ring substituents is 1. The van der Waals surface area contributed by atoms with Crippen LogP contribution in [0.5, 0.6) is 5.75 Å². The monoisotopic (exact) mass is 329 g/mol. The molecule has 1 aliphatic rings. The topological polar surface area (TPSA) is 93.5 Å². The molecule has 8 heteroatoms. The molecular formula is C14H20ClN3O4. The predicted octanol–water partition coefficient (Wildman–Crippen LogP) is 1.90. The number of nitro groups is 1. The molecule has 0 unspecified atom stereocenters. The van der Waals surface area contributed by atoms with Gasteiger partial charge in [0.2, 0.25) is 0 Å². The van der Waals surface area contributed by atoms with Crippen molar-refractivity contribution in [3.8, 4) is 5.75 Å². The molecular weight excluding hydrogens is 310 g/mol. The molecule has 1 aromatic rings. The summed E-state index contributed by atoms with van der Waals surface area (Å²) >= 11 is 0. The lowest BCUT2D eigenvalue weighted by atomic mass is 10.1. The van der Waals surface area contributed by atoms with Crippen LogP contribution in [0, 0.1) is 10.1 Å². The minimum absolute atomic E-state index is 0. The average molecular weight is 330 g/mol. The van der Waals surface area contributed by atoms with E-state index in [-0.39, 0.29) is 41.4 Å². The van der Waals surface area contributed by atoms with Crippen molar-refractivity contribution in [1.29, 1.82) is 0 Å². The van der Waals surface area contributed by atoms with Gasteiger partial charge >= 0.3 is 5.69 Å². The Labute approximate surface area is 135 Å². The van der Waals surface area contributed by atoms with E-state index in [9.17, 15) is 14.9 Å². The fourth-order valence-electron chi connectivity index (χ4n) is 2.32. The number of piperidine rings is 1. The normalized spacial score (nSPS) is 17.2. The number of ether oxygens (including phenoxy) is 1. The highest BCUT2D eigenvalue weighted by Crippen LogP contribution is 2.28. The Kier molecular flexibility index (Phi) is 7.07. The summed E-state index contributed by atoms with van der Waals surface area (Å²) in [5.74, 6) is -0.117. The van der Waals surface area contributed by atoms with Crippen molar-refractivity contribution in [2.45, 2.75) is 25.8 Å². The fourth-order valence-corrected chi connectivity index (χ4v) is 2.32. The molecule has 1 heterocycles. The fraction of sp³-hybridized carbons (Fsp3) is 0.500.